The molecule has 0 atom stereocenters. The molecule has 10 heteroatoms. The fourth-order valence-electron chi connectivity index (χ4n) is 1.25. The summed E-state index contributed by atoms with van der Waals surface area (Å²) in [4.78, 5) is 22.7. The van der Waals surface area contributed by atoms with Crippen molar-refractivity contribution < 1.29 is 34.8 Å². The fourth-order valence-corrected chi connectivity index (χ4v) is 2.32. The predicted octanol–water partition coefficient (Wildman–Crippen LogP) is 1.50. The minimum atomic E-state index is -3.87. The van der Waals surface area contributed by atoms with Gasteiger partial charge < -0.3 is 8.37 Å². The molecule has 0 bridgehead atoms. The Kier molecular flexibility index (Phi) is 8.75. The summed E-state index contributed by atoms with van der Waals surface area (Å²) in [7, 11) is -7.74. The highest BCUT2D eigenvalue weighted by Gasteiger charge is 2.22. The largest absolute Gasteiger partial charge is 0.346 e. The monoisotopic (exact) mass is 372 g/mol. The van der Waals surface area contributed by atoms with Crippen LogP contribution in [0.5, 0.6) is 0 Å². The Hall–Kier alpha value is -1.16. The van der Waals surface area contributed by atoms with Gasteiger partial charge in [0.25, 0.3) is 0 Å². The zero-order chi connectivity index (χ0) is 18.3. The Labute approximate surface area is 137 Å². The molecule has 0 fully saturated rings. The van der Waals surface area contributed by atoms with Crippen molar-refractivity contribution in [2.45, 2.75) is 70.3 Å². The van der Waals surface area contributed by atoms with Gasteiger partial charge in [-0.3, -0.25) is 9.59 Å². The van der Waals surface area contributed by atoms with E-state index in [0.29, 0.717) is 19.3 Å². The lowest BCUT2D eigenvalue weighted by Crippen LogP contribution is -2.21. The maximum Gasteiger partial charge on any atom is 0.322 e. The minimum absolute atomic E-state index is 0.0920. The van der Waals surface area contributed by atoms with Crippen molar-refractivity contribution in [3.05, 3.63) is 0 Å². The summed E-state index contributed by atoms with van der Waals surface area (Å²) >= 11 is 0. The van der Waals surface area contributed by atoms with Gasteiger partial charge in [0.05, 0.1) is 10.5 Å². The SMILES string of the molecule is CC(C)S(=O)(=O)OC(=O)CCCCCC(=O)OS(=O)(=O)C(C)C. The van der Waals surface area contributed by atoms with E-state index in [1.807, 2.05) is 0 Å². The van der Waals surface area contributed by atoms with Crippen LogP contribution in [0.4, 0.5) is 0 Å². The molecule has 0 rings (SSSR count). The van der Waals surface area contributed by atoms with Gasteiger partial charge in [0, 0.05) is 12.8 Å². The first-order chi connectivity index (χ1) is 10.4. The van der Waals surface area contributed by atoms with Gasteiger partial charge in [-0.1, -0.05) is 6.42 Å². The van der Waals surface area contributed by atoms with E-state index in [1.165, 1.54) is 27.7 Å². The quantitative estimate of drug-likeness (QED) is 0.418. The van der Waals surface area contributed by atoms with Gasteiger partial charge >= 0.3 is 32.2 Å². The molecular weight excluding hydrogens is 348 g/mol. The van der Waals surface area contributed by atoms with E-state index in [0.717, 1.165) is 0 Å². The van der Waals surface area contributed by atoms with Gasteiger partial charge in [-0.15, -0.1) is 0 Å². The highest BCUT2D eigenvalue weighted by molar-refractivity contribution is 7.88. The molecule has 0 saturated heterocycles. The van der Waals surface area contributed by atoms with Crippen molar-refractivity contribution in [1.29, 1.82) is 0 Å². The molecule has 8 nitrogen and oxygen atoms in total. The number of carbonyl (C=O) groups is 2. The molecule has 0 aromatic heterocycles. The van der Waals surface area contributed by atoms with E-state index in [-0.39, 0.29) is 12.8 Å². The first-order valence-electron chi connectivity index (χ1n) is 7.30. The Bertz CT molecular complexity index is 548. The molecule has 0 radical (unpaired) electrons. The van der Waals surface area contributed by atoms with Crippen LogP contribution < -0.4 is 0 Å². The third kappa shape index (κ3) is 8.89. The van der Waals surface area contributed by atoms with Crippen molar-refractivity contribution in [3.63, 3.8) is 0 Å². The normalized spacial score (nSPS) is 12.4. The molecule has 0 N–H and O–H groups in total. The number of rotatable bonds is 10. The van der Waals surface area contributed by atoms with Crippen LogP contribution >= 0.6 is 0 Å². The number of hydrogen-bond donors (Lipinski definition) is 0. The highest BCUT2D eigenvalue weighted by Crippen LogP contribution is 2.10. The summed E-state index contributed by atoms with van der Waals surface area (Å²) in [5.41, 5.74) is 0. The number of carbonyl (C=O) groups excluding carboxylic acids is 2. The Morgan fingerprint density at radius 2 is 1.00 bits per heavy atom. The molecular formula is C13H24O8S2. The molecule has 0 aliphatic rings. The van der Waals surface area contributed by atoms with E-state index in [4.69, 9.17) is 0 Å². The first kappa shape index (κ1) is 21.8. The maximum absolute atomic E-state index is 11.4. The molecule has 0 aromatic rings. The molecule has 0 unspecified atom stereocenters. The lowest BCUT2D eigenvalue weighted by atomic mass is 10.1. The van der Waals surface area contributed by atoms with Crippen LogP contribution in [0, 0.1) is 0 Å². The lowest BCUT2D eigenvalue weighted by molar-refractivity contribution is -0.134. The van der Waals surface area contributed by atoms with Gasteiger partial charge in [-0.05, 0) is 40.5 Å². The lowest BCUT2D eigenvalue weighted by Gasteiger charge is -2.08. The van der Waals surface area contributed by atoms with Crippen LogP contribution in [0.3, 0.4) is 0 Å². The molecule has 0 spiro atoms. The molecule has 23 heavy (non-hydrogen) atoms. The van der Waals surface area contributed by atoms with E-state index in [1.54, 1.807) is 0 Å². The van der Waals surface area contributed by atoms with Crippen LogP contribution in [0.2, 0.25) is 0 Å². The van der Waals surface area contributed by atoms with Crippen molar-refractivity contribution in [2.75, 3.05) is 0 Å². The zero-order valence-electron chi connectivity index (χ0n) is 13.8. The van der Waals surface area contributed by atoms with Gasteiger partial charge in [0.15, 0.2) is 0 Å². The summed E-state index contributed by atoms with van der Waals surface area (Å²) in [6.07, 6.45) is 0.914. The van der Waals surface area contributed by atoms with Crippen molar-refractivity contribution in [3.8, 4) is 0 Å². The smallest absolute Gasteiger partial charge is 0.322 e. The zero-order valence-corrected chi connectivity index (χ0v) is 15.4. The third-order valence-corrected chi connectivity index (χ3v) is 5.98. The van der Waals surface area contributed by atoms with Crippen LogP contribution in [0.25, 0.3) is 0 Å². The standard InChI is InChI=1S/C13H24O8S2/c1-10(2)22(16,17)20-12(14)8-6-5-7-9-13(15)21-23(18,19)11(3)4/h10-11H,5-9H2,1-4H3. The molecule has 0 aliphatic heterocycles. The third-order valence-electron chi connectivity index (χ3n) is 2.83. The van der Waals surface area contributed by atoms with Crippen molar-refractivity contribution in [2.24, 2.45) is 0 Å². The van der Waals surface area contributed by atoms with Gasteiger partial charge in [0.2, 0.25) is 0 Å². The summed E-state index contributed by atoms with van der Waals surface area (Å²) in [6, 6.07) is 0. The van der Waals surface area contributed by atoms with Crippen molar-refractivity contribution in [1.82, 2.24) is 0 Å². The summed E-state index contributed by atoms with van der Waals surface area (Å²) < 4.78 is 54.1. The van der Waals surface area contributed by atoms with E-state index in [9.17, 15) is 26.4 Å². The first-order valence-corrected chi connectivity index (χ1v) is 10.2. The molecule has 0 saturated carbocycles. The van der Waals surface area contributed by atoms with Crippen LogP contribution in [0.15, 0.2) is 0 Å². The minimum Gasteiger partial charge on any atom is -0.346 e. The second kappa shape index (κ2) is 9.21. The molecule has 0 amide bonds. The van der Waals surface area contributed by atoms with Gasteiger partial charge in [-0.25, -0.2) is 0 Å². The summed E-state index contributed by atoms with van der Waals surface area (Å²) in [5.74, 6) is -1.69. The number of hydrogen-bond acceptors (Lipinski definition) is 8. The maximum atomic E-state index is 11.4. The Morgan fingerprint density at radius 1 is 0.696 bits per heavy atom. The van der Waals surface area contributed by atoms with Crippen LogP contribution in [0.1, 0.15) is 59.8 Å². The average molecular weight is 372 g/mol. The van der Waals surface area contributed by atoms with Crippen LogP contribution in [-0.2, 0) is 38.2 Å². The molecule has 136 valence electrons. The summed E-state index contributed by atoms with van der Waals surface area (Å²) in [5, 5.41) is -1.60. The Morgan fingerprint density at radius 3 is 1.26 bits per heavy atom. The average Bonchev–Trinajstić information content (AvgIpc) is 2.36. The molecule has 0 heterocycles. The van der Waals surface area contributed by atoms with Gasteiger partial charge in [0.1, 0.15) is 0 Å². The van der Waals surface area contributed by atoms with Crippen LogP contribution in [-0.4, -0.2) is 39.3 Å². The number of unbranched alkanes of at least 4 members (excludes halogenated alkanes) is 2. The van der Waals surface area contributed by atoms with E-state index >= 15 is 0 Å². The highest BCUT2D eigenvalue weighted by atomic mass is 32.2. The second-order valence-corrected chi connectivity index (χ2v) is 9.74. The Balaban J connectivity index is 3.98. The molecule has 0 aromatic carbocycles. The van der Waals surface area contributed by atoms with E-state index in [2.05, 4.69) is 8.37 Å². The predicted molar refractivity (Wildman–Crippen MR) is 83.4 cm³/mol. The fraction of sp³-hybridized carbons (Fsp3) is 0.846. The summed E-state index contributed by atoms with van der Waals surface area (Å²) in [6.45, 7) is 5.61. The molecule has 0 aliphatic carbocycles. The van der Waals surface area contributed by atoms with Gasteiger partial charge in [-0.2, -0.15) is 16.8 Å². The van der Waals surface area contributed by atoms with E-state index < -0.39 is 42.7 Å². The second-order valence-electron chi connectivity index (χ2n) is 5.55. The van der Waals surface area contributed by atoms with Crippen molar-refractivity contribution >= 4 is 32.2 Å². The topological polar surface area (TPSA) is 121 Å².